The lowest BCUT2D eigenvalue weighted by molar-refractivity contribution is 0.0992. The quantitative estimate of drug-likeness (QED) is 0.343. The minimum absolute atomic E-state index is 0.166. The number of rotatable bonds is 8. The van der Waals surface area contributed by atoms with Gasteiger partial charge in [-0.2, -0.15) is 5.10 Å². The molecule has 7 nitrogen and oxygen atoms in total. The molecule has 0 aliphatic heterocycles. The van der Waals surface area contributed by atoms with Crippen molar-refractivity contribution in [2.75, 3.05) is 5.32 Å². The van der Waals surface area contributed by atoms with Gasteiger partial charge in [-0.05, 0) is 61.0 Å². The third kappa shape index (κ3) is 5.63. The Balaban J connectivity index is 1.30. The number of furan rings is 1. The van der Waals surface area contributed by atoms with E-state index in [0.29, 0.717) is 33.0 Å². The highest BCUT2D eigenvalue weighted by Gasteiger charge is 2.13. The summed E-state index contributed by atoms with van der Waals surface area (Å²) in [4.78, 5) is 12.5. The molecular formula is C23H19Cl2N3O4. The first-order valence-electron chi connectivity index (χ1n) is 9.66. The van der Waals surface area contributed by atoms with Crippen molar-refractivity contribution in [1.29, 1.82) is 0 Å². The monoisotopic (exact) mass is 471 g/mol. The molecule has 0 atom stereocenters. The lowest BCUT2D eigenvalue weighted by atomic mass is 10.2. The highest BCUT2D eigenvalue weighted by Crippen LogP contribution is 2.23. The largest absolute Gasteiger partial charge is 0.485 e. The van der Waals surface area contributed by atoms with E-state index in [-0.39, 0.29) is 19.1 Å². The number of benzene rings is 2. The van der Waals surface area contributed by atoms with Gasteiger partial charge in [-0.3, -0.25) is 4.79 Å². The van der Waals surface area contributed by atoms with Crippen molar-refractivity contribution in [1.82, 2.24) is 9.78 Å². The first-order chi connectivity index (χ1) is 15.5. The fourth-order valence-electron chi connectivity index (χ4n) is 2.89. The number of nitrogens with zero attached hydrogens (tertiary/aromatic N) is 2. The van der Waals surface area contributed by atoms with Gasteiger partial charge in [-0.1, -0.05) is 29.3 Å². The van der Waals surface area contributed by atoms with E-state index in [2.05, 4.69) is 10.4 Å². The Morgan fingerprint density at radius 2 is 1.94 bits per heavy atom. The van der Waals surface area contributed by atoms with E-state index in [1.54, 1.807) is 59.4 Å². The van der Waals surface area contributed by atoms with Crippen LogP contribution in [0.25, 0.3) is 0 Å². The molecule has 0 aliphatic rings. The van der Waals surface area contributed by atoms with E-state index in [0.717, 1.165) is 5.56 Å². The molecule has 32 heavy (non-hydrogen) atoms. The van der Waals surface area contributed by atoms with E-state index in [9.17, 15) is 4.79 Å². The van der Waals surface area contributed by atoms with Crippen molar-refractivity contribution in [2.45, 2.75) is 20.3 Å². The Morgan fingerprint density at radius 1 is 1.09 bits per heavy atom. The van der Waals surface area contributed by atoms with Gasteiger partial charge in [-0.25, -0.2) is 4.68 Å². The standard InChI is InChI=1S/C23H19Cl2N3O4/c1-15-9-17(25)5-7-21(15)30-13-20-6-8-22(32-20)23(29)27-18-11-26-28(12-18)14-31-19-4-2-3-16(24)10-19/h2-12H,13-14H2,1H3,(H,27,29). The number of halogens is 2. The molecule has 0 bridgehead atoms. The number of carbonyl (C=O) groups is 1. The van der Waals surface area contributed by atoms with Gasteiger partial charge in [0.1, 0.15) is 23.9 Å². The Bertz CT molecular complexity index is 1240. The third-order valence-electron chi connectivity index (χ3n) is 4.44. The summed E-state index contributed by atoms with van der Waals surface area (Å²) in [7, 11) is 0. The van der Waals surface area contributed by atoms with Crippen LogP contribution in [0.15, 0.2) is 71.4 Å². The number of anilines is 1. The van der Waals surface area contributed by atoms with E-state index in [1.807, 2.05) is 13.0 Å². The molecule has 4 rings (SSSR count). The molecule has 2 heterocycles. The van der Waals surface area contributed by atoms with Crippen molar-refractivity contribution in [3.05, 3.63) is 94.1 Å². The van der Waals surface area contributed by atoms with Crippen LogP contribution in [0.1, 0.15) is 21.9 Å². The number of aryl methyl sites for hydroxylation is 1. The van der Waals surface area contributed by atoms with Gasteiger partial charge >= 0.3 is 0 Å². The van der Waals surface area contributed by atoms with Crippen molar-refractivity contribution in [3.8, 4) is 11.5 Å². The van der Waals surface area contributed by atoms with Crippen LogP contribution in [0.3, 0.4) is 0 Å². The highest BCUT2D eigenvalue weighted by molar-refractivity contribution is 6.31. The number of aromatic nitrogens is 2. The summed E-state index contributed by atoms with van der Waals surface area (Å²) >= 11 is 11.9. The van der Waals surface area contributed by atoms with Crippen LogP contribution in [0, 0.1) is 6.92 Å². The molecule has 9 heteroatoms. The van der Waals surface area contributed by atoms with Crippen molar-refractivity contribution in [2.24, 2.45) is 0 Å². The van der Waals surface area contributed by atoms with E-state index >= 15 is 0 Å². The predicted octanol–water partition coefficient (Wildman–Crippen LogP) is 5.96. The van der Waals surface area contributed by atoms with Gasteiger partial charge in [0.05, 0.1) is 18.1 Å². The lowest BCUT2D eigenvalue weighted by Gasteiger charge is -2.07. The van der Waals surface area contributed by atoms with E-state index < -0.39 is 5.91 Å². The second kappa shape index (κ2) is 9.80. The number of nitrogens with one attached hydrogen (secondary N) is 1. The molecule has 0 aliphatic carbocycles. The number of hydrogen-bond donors (Lipinski definition) is 1. The Hall–Kier alpha value is -3.42. The van der Waals surface area contributed by atoms with Gasteiger partial charge in [0.25, 0.3) is 5.91 Å². The smallest absolute Gasteiger partial charge is 0.291 e. The van der Waals surface area contributed by atoms with Crippen LogP contribution >= 0.6 is 23.2 Å². The van der Waals surface area contributed by atoms with Gasteiger partial charge in [-0.15, -0.1) is 0 Å². The normalized spacial score (nSPS) is 10.7. The molecule has 2 aromatic heterocycles. The summed E-state index contributed by atoms with van der Waals surface area (Å²) in [5.74, 6) is 1.62. The topological polar surface area (TPSA) is 78.5 Å². The molecule has 0 fully saturated rings. The maximum absolute atomic E-state index is 12.5. The number of hydrogen-bond acceptors (Lipinski definition) is 5. The maximum Gasteiger partial charge on any atom is 0.291 e. The fourth-order valence-corrected chi connectivity index (χ4v) is 3.30. The molecule has 1 N–H and O–H groups in total. The van der Waals surface area contributed by atoms with Crippen LogP contribution in [0.5, 0.6) is 11.5 Å². The van der Waals surface area contributed by atoms with Crippen LogP contribution in [0.2, 0.25) is 10.0 Å². The van der Waals surface area contributed by atoms with Gasteiger partial charge in [0.15, 0.2) is 12.5 Å². The molecule has 0 unspecified atom stereocenters. The van der Waals surface area contributed by atoms with Crippen molar-refractivity contribution < 1.29 is 18.7 Å². The van der Waals surface area contributed by atoms with Gasteiger partial charge in [0, 0.05) is 10.0 Å². The summed E-state index contributed by atoms with van der Waals surface area (Å²) in [6.07, 6.45) is 3.17. The zero-order valence-corrected chi connectivity index (χ0v) is 18.6. The molecule has 4 aromatic rings. The van der Waals surface area contributed by atoms with Gasteiger partial charge in [0.2, 0.25) is 0 Å². The third-order valence-corrected chi connectivity index (χ3v) is 4.91. The molecule has 0 saturated carbocycles. The van der Waals surface area contributed by atoms with Gasteiger partial charge < -0.3 is 19.2 Å². The Kier molecular flexibility index (Phi) is 6.68. The fraction of sp³-hybridized carbons (Fsp3) is 0.130. The molecule has 164 valence electrons. The zero-order valence-electron chi connectivity index (χ0n) is 17.0. The molecule has 1 amide bonds. The molecule has 0 saturated heterocycles. The van der Waals surface area contributed by atoms with Crippen LogP contribution in [-0.4, -0.2) is 15.7 Å². The van der Waals surface area contributed by atoms with Crippen molar-refractivity contribution in [3.63, 3.8) is 0 Å². The Morgan fingerprint density at radius 3 is 2.75 bits per heavy atom. The summed E-state index contributed by atoms with van der Waals surface area (Å²) in [6.45, 7) is 2.26. The molecule has 0 radical (unpaired) electrons. The molecule has 2 aromatic carbocycles. The minimum atomic E-state index is -0.394. The second-order valence-corrected chi connectivity index (χ2v) is 7.79. The SMILES string of the molecule is Cc1cc(Cl)ccc1OCc1ccc(C(=O)Nc2cnn(COc3cccc(Cl)c3)c2)o1. The zero-order chi connectivity index (χ0) is 22.5. The number of ether oxygens (including phenoxy) is 2. The maximum atomic E-state index is 12.5. The van der Waals surface area contributed by atoms with E-state index in [1.165, 1.54) is 6.20 Å². The van der Waals surface area contributed by atoms with Crippen LogP contribution in [-0.2, 0) is 13.3 Å². The minimum Gasteiger partial charge on any atom is -0.485 e. The summed E-state index contributed by atoms with van der Waals surface area (Å²) < 4.78 is 18.5. The average molecular weight is 472 g/mol. The predicted molar refractivity (Wildman–Crippen MR) is 121 cm³/mol. The van der Waals surface area contributed by atoms with Crippen molar-refractivity contribution >= 4 is 34.8 Å². The molecular weight excluding hydrogens is 453 g/mol. The van der Waals surface area contributed by atoms with Crippen LogP contribution < -0.4 is 14.8 Å². The lowest BCUT2D eigenvalue weighted by Crippen LogP contribution is -2.10. The highest BCUT2D eigenvalue weighted by atomic mass is 35.5. The van der Waals surface area contributed by atoms with Crippen LogP contribution in [0.4, 0.5) is 5.69 Å². The first-order valence-corrected chi connectivity index (χ1v) is 10.4. The summed E-state index contributed by atoms with van der Waals surface area (Å²) in [5.41, 5.74) is 1.43. The average Bonchev–Trinajstić information content (AvgIpc) is 3.41. The summed E-state index contributed by atoms with van der Waals surface area (Å²) in [6, 6.07) is 15.7. The number of amides is 1. The molecule has 0 spiro atoms. The van der Waals surface area contributed by atoms with E-state index in [4.69, 9.17) is 37.1 Å². The second-order valence-electron chi connectivity index (χ2n) is 6.92. The Labute approximate surface area is 194 Å². The summed E-state index contributed by atoms with van der Waals surface area (Å²) in [5, 5.41) is 8.14. The number of carbonyl (C=O) groups excluding carboxylic acids is 1. The first kappa shape index (κ1) is 21.8.